The highest BCUT2D eigenvalue weighted by atomic mass is 16.6. The first-order valence-corrected chi connectivity index (χ1v) is 14.1. The molecule has 10 heteroatoms. The van der Waals surface area contributed by atoms with Crippen molar-refractivity contribution >= 4 is 23.8 Å². The highest BCUT2D eigenvalue weighted by molar-refractivity contribution is 5.93. The molecule has 0 saturated heterocycles. The lowest BCUT2D eigenvalue weighted by Crippen LogP contribution is -2.58. The predicted molar refractivity (Wildman–Crippen MR) is 147 cm³/mol. The Labute approximate surface area is 231 Å². The Morgan fingerprint density at radius 1 is 1.08 bits per heavy atom. The molecule has 0 bridgehead atoms. The molecule has 0 aromatic heterocycles. The number of carbonyl (C=O) groups excluding carboxylic acids is 4. The van der Waals surface area contributed by atoms with Gasteiger partial charge >= 0.3 is 6.09 Å². The lowest BCUT2D eigenvalue weighted by atomic mass is 9.87. The quantitative estimate of drug-likeness (QED) is 0.352. The largest absolute Gasteiger partial charge is 0.508 e. The minimum atomic E-state index is -1.11. The molecule has 2 unspecified atom stereocenters. The molecular formula is C29H44N4O6. The zero-order valence-corrected chi connectivity index (χ0v) is 23.6. The van der Waals surface area contributed by atoms with Crippen molar-refractivity contribution in [3.05, 3.63) is 29.3 Å². The maximum absolute atomic E-state index is 14.2. The van der Waals surface area contributed by atoms with Gasteiger partial charge in [-0.15, -0.1) is 0 Å². The van der Waals surface area contributed by atoms with Crippen molar-refractivity contribution in [3.63, 3.8) is 0 Å². The molecule has 2 fully saturated rings. The number of nitrogens with one attached hydrogen (secondary N) is 2. The molecule has 0 heterocycles. The van der Waals surface area contributed by atoms with Crippen LogP contribution in [-0.2, 0) is 19.1 Å². The number of aromatic hydroxyl groups is 1. The Morgan fingerprint density at radius 2 is 1.74 bits per heavy atom. The highest BCUT2D eigenvalue weighted by Gasteiger charge is 2.42. The normalized spacial score (nSPS) is 17.8. The van der Waals surface area contributed by atoms with E-state index in [9.17, 15) is 24.3 Å². The minimum absolute atomic E-state index is 0.0239. The van der Waals surface area contributed by atoms with E-state index < -0.39 is 35.6 Å². The molecule has 2 atom stereocenters. The SMILES string of the molecule is Cc1cc(C(C(=O)NC2CCCCC2)N(C(=O)C(CCC(N)=O)NC(=O)OC(C)(C)C)C2CCC2)ccc1O. The first kappa shape index (κ1) is 30.2. The standard InChI is InChI=1S/C29H44N4O6/c1-18-17-19(13-15-23(18)34)25(26(36)31-20-9-6-5-7-10-20)33(21-11-8-12-21)27(37)22(14-16-24(30)35)32-28(38)39-29(2,3)4/h13,15,17,20-22,25,34H,5-12,14,16H2,1-4H3,(H2,30,35)(H,31,36)(H,32,38). The van der Waals surface area contributed by atoms with E-state index in [0.29, 0.717) is 24.0 Å². The van der Waals surface area contributed by atoms with Crippen LogP contribution in [0, 0.1) is 6.92 Å². The van der Waals surface area contributed by atoms with Crippen molar-refractivity contribution in [2.45, 2.75) is 122 Å². The van der Waals surface area contributed by atoms with E-state index in [1.165, 1.54) is 6.07 Å². The number of primary amides is 1. The summed E-state index contributed by atoms with van der Waals surface area (Å²) in [7, 11) is 0. The molecule has 4 amide bonds. The summed E-state index contributed by atoms with van der Waals surface area (Å²) in [5.74, 6) is -1.27. The van der Waals surface area contributed by atoms with Gasteiger partial charge in [0.2, 0.25) is 17.7 Å². The number of benzene rings is 1. The molecule has 3 rings (SSSR count). The van der Waals surface area contributed by atoms with Crippen LogP contribution in [0.2, 0.25) is 0 Å². The number of hydrogen-bond acceptors (Lipinski definition) is 6. The summed E-state index contributed by atoms with van der Waals surface area (Å²) in [6, 6.07) is 2.63. The van der Waals surface area contributed by atoms with Crippen LogP contribution in [0.4, 0.5) is 4.79 Å². The van der Waals surface area contributed by atoms with E-state index in [1.54, 1.807) is 44.7 Å². The fourth-order valence-corrected chi connectivity index (χ4v) is 5.17. The molecule has 0 spiro atoms. The molecule has 0 aliphatic heterocycles. The maximum Gasteiger partial charge on any atom is 0.408 e. The van der Waals surface area contributed by atoms with Crippen LogP contribution in [0.15, 0.2) is 18.2 Å². The van der Waals surface area contributed by atoms with Crippen LogP contribution >= 0.6 is 0 Å². The third-order valence-electron chi connectivity index (χ3n) is 7.41. The molecular weight excluding hydrogens is 500 g/mol. The van der Waals surface area contributed by atoms with Crippen molar-refractivity contribution < 1.29 is 29.0 Å². The van der Waals surface area contributed by atoms with Crippen LogP contribution in [0.25, 0.3) is 0 Å². The molecule has 1 aromatic rings. The number of ether oxygens (including phenoxy) is 1. The Kier molecular flexibility index (Phi) is 10.2. The molecule has 2 aliphatic carbocycles. The van der Waals surface area contributed by atoms with E-state index in [0.717, 1.165) is 38.5 Å². The second kappa shape index (κ2) is 13.2. The van der Waals surface area contributed by atoms with Gasteiger partial charge in [0.05, 0.1) is 0 Å². The molecule has 39 heavy (non-hydrogen) atoms. The van der Waals surface area contributed by atoms with E-state index in [1.807, 2.05) is 0 Å². The average molecular weight is 545 g/mol. The maximum atomic E-state index is 14.2. The second-order valence-corrected chi connectivity index (χ2v) is 11.8. The van der Waals surface area contributed by atoms with Gasteiger partial charge in [0.15, 0.2) is 0 Å². The van der Waals surface area contributed by atoms with Gasteiger partial charge in [-0.05, 0) is 89.5 Å². The molecule has 10 nitrogen and oxygen atoms in total. The van der Waals surface area contributed by atoms with E-state index >= 15 is 0 Å². The molecule has 5 N–H and O–H groups in total. The van der Waals surface area contributed by atoms with Crippen molar-refractivity contribution in [1.82, 2.24) is 15.5 Å². The van der Waals surface area contributed by atoms with Gasteiger partial charge in [0, 0.05) is 18.5 Å². The van der Waals surface area contributed by atoms with Crippen LogP contribution < -0.4 is 16.4 Å². The summed E-state index contributed by atoms with van der Waals surface area (Å²) >= 11 is 0. The van der Waals surface area contributed by atoms with Crippen LogP contribution in [0.3, 0.4) is 0 Å². The number of amides is 4. The number of phenols is 1. The van der Waals surface area contributed by atoms with Gasteiger partial charge in [-0.2, -0.15) is 0 Å². The van der Waals surface area contributed by atoms with Gasteiger partial charge in [-0.1, -0.05) is 25.3 Å². The monoisotopic (exact) mass is 544 g/mol. The minimum Gasteiger partial charge on any atom is -0.508 e. The topological polar surface area (TPSA) is 151 Å². The van der Waals surface area contributed by atoms with Gasteiger partial charge in [0.1, 0.15) is 23.4 Å². The van der Waals surface area contributed by atoms with Crippen LogP contribution in [0.5, 0.6) is 5.75 Å². The number of phenolic OH excluding ortho intramolecular Hbond substituents is 1. The summed E-state index contributed by atoms with van der Waals surface area (Å²) in [4.78, 5) is 54.1. The zero-order valence-electron chi connectivity index (χ0n) is 23.6. The summed E-state index contributed by atoms with van der Waals surface area (Å²) in [6.07, 6.45) is 6.37. The number of aryl methyl sites for hydroxylation is 1. The Bertz CT molecular complexity index is 1040. The number of hydrogen-bond donors (Lipinski definition) is 4. The summed E-state index contributed by atoms with van der Waals surface area (Å²) in [6.45, 7) is 6.88. The number of alkyl carbamates (subject to hydrolysis) is 1. The Balaban J connectivity index is 1.99. The number of rotatable bonds is 10. The van der Waals surface area contributed by atoms with Crippen molar-refractivity contribution in [2.24, 2.45) is 5.73 Å². The fourth-order valence-electron chi connectivity index (χ4n) is 5.17. The molecule has 216 valence electrons. The summed E-state index contributed by atoms with van der Waals surface area (Å²) in [5, 5.41) is 16.0. The van der Waals surface area contributed by atoms with Crippen molar-refractivity contribution in [2.75, 3.05) is 0 Å². The molecule has 1 aromatic carbocycles. The van der Waals surface area contributed by atoms with Crippen molar-refractivity contribution in [3.8, 4) is 5.75 Å². The Morgan fingerprint density at radius 3 is 2.28 bits per heavy atom. The number of nitrogens with two attached hydrogens (primary N) is 1. The fraction of sp³-hybridized carbons (Fsp3) is 0.655. The average Bonchev–Trinajstić information content (AvgIpc) is 2.81. The van der Waals surface area contributed by atoms with E-state index in [2.05, 4.69) is 10.6 Å². The first-order chi connectivity index (χ1) is 18.4. The third-order valence-corrected chi connectivity index (χ3v) is 7.41. The van der Waals surface area contributed by atoms with Gasteiger partial charge in [-0.25, -0.2) is 4.79 Å². The predicted octanol–water partition coefficient (Wildman–Crippen LogP) is 3.73. The highest BCUT2D eigenvalue weighted by Crippen LogP contribution is 2.35. The summed E-state index contributed by atoms with van der Waals surface area (Å²) < 4.78 is 5.38. The summed E-state index contributed by atoms with van der Waals surface area (Å²) in [5.41, 5.74) is 5.75. The van der Waals surface area contributed by atoms with E-state index in [4.69, 9.17) is 10.5 Å². The number of carbonyl (C=O) groups is 4. The Hall–Kier alpha value is -3.30. The van der Waals surface area contributed by atoms with Gasteiger partial charge in [-0.3, -0.25) is 14.4 Å². The number of nitrogens with zero attached hydrogens (tertiary/aromatic N) is 1. The van der Waals surface area contributed by atoms with Crippen LogP contribution in [-0.4, -0.2) is 57.5 Å². The third kappa shape index (κ3) is 8.60. The molecule has 2 saturated carbocycles. The molecule has 2 aliphatic rings. The first-order valence-electron chi connectivity index (χ1n) is 14.1. The van der Waals surface area contributed by atoms with Crippen LogP contribution in [0.1, 0.15) is 102 Å². The van der Waals surface area contributed by atoms with Gasteiger partial charge < -0.3 is 31.1 Å². The molecule has 0 radical (unpaired) electrons. The van der Waals surface area contributed by atoms with Crippen molar-refractivity contribution in [1.29, 1.82) is 0 Å². The lowest BCUT2D eigenvalue weighted by Gasteiger charge is -2.44. The lowest BCUT2D eigenvalue weighted by molar-refractivity contribution is -0.148. The second-order valence-electron chi connectivity index (χ2n) is 11.8. The van der Waals surface area contributed by atoms with Gasteiger partial charge in [0.25, 0.3) is 0 Å². The zero-order chi connectivity index (χ0) is 28.7. The van der Waals surface area contributed by atoms with E-state index in [-0.39, 0.29) is 36.6 Å². The smallest absolute Gasteiger partial charge is 0.408 e.